The second-order valence-electron chi connectivity index (χ2n) is 4.16. The van der Waals surface area contributed by atoms with Crippen LogP contribution in [0.5, 0.6) is 0 Å². The number of Topliss-reactive ketones (excluding diaryl/α,β-unsaturated/α-hetero) is 1. The molecule has 5 heteroatoms. The van der Waals surface area contributed by atoms with E-state index < -0.39 is 18.2 Å². The predicted molar refractivity (Wildman–Crippen MR) is 71.0 cm³/mol. The lowest BCUT2D eigenvalue weighted by Gasteiger charge is -2.20. The van der Waals surface area contributed by atoms with E-state index in [1.54, 1.807) is 31.2 Å². The van der Waals surface area contributed by atoms with Crippen molar-refractivity contribution in [3.05, 3.63) is 35.9 Å². The molecule has 0 aliphatic rings. The van der Waals surface area contributed by atoms with E-state index in [1.165, 1.54) is 6.92 Å². The number of hydrogen-bond acceptors (Lipinski definition) is 4. The maximum absolute atomic E-state index is 12.0. The van der Waals surface area contributed by atoms with Gasteiger partial charge in [-0.25, -0.2) is 0 Å². The number of rotatable bonds is 8. The molecule has 19 heavy (non-hydrogen) atoms. The van der Waals surface area contributed by atoms with Crippen LogP contribution in [-0.4, -0.2) is 35.7 Å². The summed E-state index contributed by atoms with van der Waals surface area (Å²) >= 11 is 0. The summed E-state index contributed by atoms with van der Waals surface area (Å²) in [4.78, 5) is 22.8. The number of ether oxygens (including phenoxy) is 1. The fraction of sp³-hybridized carbons (Fsp3) is 0.429. The summed E-state index contributed by atoms with van der Waals surface area (Å²) in [6.07, 6.45) is -0.487. The first-order valence-corrected chi connectivity index (χ1v) is 6.23. The number of hydrogen-bond donors (Lipinski definition) is 2. The Kier molecular flexibility index (Phi) is 6.18. The minimum atomic E-state index is -0.975. The third kappa shape index (κ3) is 5.19. The van der Waals surface area contributed by atoms with E-state index in [9.17, 15) is 9.59 Å². The molecule has 0 radical (unpaired) electrons. The number of carboxylic acid groups (broad SMARTS) is 1. The van der Waals surface area contributed by atoms with E-state index in [0.717, 1.165) is 0 Å². The number of benzene rings is 1. The highest BCUT2D eigenvalue weighted by atomic mass is 16.5. The highest BCUT2D eigenvalue weighted by Crippen LogP contribution is 2.07. The van der Waals surface area contributed by atoms with Crippen LogP contribution in [0, 0.1) is 0 Å². The molecule has 0 saturated heterocycles. The molecule has 0 bridgehead atoms. The van der Waals surface area contributed by atoms with E-state index in [-0.39, 0.29) is 12.2 Å². The maximum Gasteiger partial charge on any atom is 0.320 e. The van der Waals surface area contributed by atoms with Gasteiger partial charge in [0.1, 0.15) is 12.3 Å². The van der Waals surface area contributed by atoms with Crippen molar-refractivity contribution in [2.75, 3.05) is 6.61 Å². The largest absolute Gasteiger partial charge is 0.480 e. The standard InChI is InChI=1S/C14H19NO4/c1-3-19-13(15-10(2)14(17)18)9-12(16)11-7-5-4-6-8-11/h4-8,10,13,15H,3,9H2,1-2H3,(H,17,18)/t10-,13-/m0/s1. The minimum Gasteiger partial charge on any atom is -0.480 e. The Labute approximate surface area is 112 Å². The molecule has 1 aromatic carbocycles. The first-order valence-electron chi connectivity index (χ1n) is 6.23. The number of nitrogens with one attached hydrogen (secondary N) is 1. The van der Waals surface area contributed by atoms with Crippen LogP contribution in [0.3, 0.4) is 0 Å². The van der Waals surface area contributed by atoms with E-state index in [1.807, 2.05) is 6.07 Å². The molecule has 2 N–H and O–H groups in total. The van der Waals surface area contributed by atoms with Crippen LogP contribution in [0.2, 0.25) is 0 Å². The van der Waals surface area contributed by atoms with Crippen molar-refractivity contribution in [2.24, 2.45) is 0 Å². The molecule has 5 nitrogen and oxygen atoms in total. The zero-order valence-electron chi connectivity index (χ0n) is 11.1. The molecule has 0 aliphatic heterocycles. The molecule has 0 spiro atoms. The summed E-state index contributed by atoms with van der Waals surface area (Å²) < 4.78 is 5.36. The SMILES string of the molecule is CCO[C@@H](CC(=O)c1ccccc1)N[C@@H](C)C(=O)O. The number of carbonyl (C=O) groups excluding carboxylic acids is 1. The van der Waals surface area contributed by atoms with Crippen molar-refractivity contribution < 1.29 is 19.4 Å². The van der Waals surface area contributed by atoms with Crippen LogP contribution in [0.15, 0.2) is 30.3 Å². The van der Waals surface area contributed by atoms with E-state index in [2.05, 4.69) is 5.32 Å². The van der Waals surface area contributed by atoms with Crippen molar-refractivity contribution in [1.82, 2.24) is 5.32 Å². The highest BCUT2D eigenvalue weighted by molar-refractivity contribution is 5.96. The molecule has 1 rings (SSSR count). The predicted octanol–water partition coefficient (Wildman–Crippen LogP) is 1.68. The molecule has 104 valence electrons. The van der Waals surface area contributed by atoms with Gasteiger partial charge in [0.05, 0.1) is 6.42 Å². The van der Waals surface area contributed by atoms with Gasteiger partial charge in [-0.2, -0.15) is 0 Å². The molecule has 0 amide bonds. The average Bonchev–Trinajstić information content (AvgIpc) is 2.39. The molecule has 0 aromatic heterocycles. The molecule has 2 atom stereocenters. The number of carbonyl (C=O) groups is 2. The zero-order valence-corrected chi connectivity index (χ0v) is 11.1. The van der Waals surface area contributed by atoms with E-state index in [0.29, 0.717) is 12.2 Å². The third-order valence-corrected chi connectivity index (χ3v) is 2.64. The van der Waals surface area contributed by atoms with Crippen LogP contribution in [0.4, 0.5) is 0 Å². The van der Waals surface area contributed by atoms with Crippen molar-refractivity contribution in [3.63, 3.8) is 0 Å². The molecule has 0 heterocycles. The van der Waals surface area contributed by atoms with Gasteiger partial charge in [-0.05, 0) is 13.8 Å². The lowest BCUT2D eigenvalue weighted by Crippen LogP contribution is -2.43. The molecular formula is C14H19NO4. The van der Waals surface area contributed by atoms with Crippen LogP contribution in [0.1, 0.15) is 30.6 Å². The van der Waals surface area contributed by atoms with Crippen LogP contribution >= 0.6 is 0 Å². The molecule has 0 unspecified atom stereocenters. The average molecular weight is 265 g/mol. The lowest BCUT2D eigenvalue weighted by atomic mass is 10.1. The molecule has 0 aliphatic carbocycles. The van der Waals surface area contributed by atoms with Gasteiger partial charge in [0.25, 0.3) is 0 Å². The van der Waals surface area contributed by atoms with Crippen molar-refractivity contribution >= 4 is 11.8 Å². The Morgan fingerprint density at radius 1 is 1.32 bits per heavy atom. The second-order valence-corrected chi connectivity index (χ2v) is 4.16. The van der Waals surface area contributed by atoms with E-state index >= 15 is 0 Å². The van der Waals surface area contributed by atoms with Gasteiger partial charge in [-0.15, -0.1) is 0 Å². The summed E-state index contributed by atoms with van der Waals surface area (Å²) in [5.74, 6) is -1.05. The lowest BCUT2D eigenvalue weighted by molar-refractivity contribution is -0.140. The van der Waals surface area contributed by atoms with Crippen molar-refractivity contribution in [1.29, 1.82) is 0 Å². The smallest absolute Gasteiger partial charge is 0.320 e. The quantitative estimate of drug-likeness (QED) is 0.552. The molecular weight excluding hydrogens is 246 g/mol. The zero-order chi connectivity index (χ0) is 14.3. The summed E-state index contributed by atoms with van der Waals surface area (Å²) in [5.41, 5.74) is 0.594. The van der Waals surface area contributed by atoms with Gasteiger partial charge < -0.3 is 9.84 Å². The van der Waals surface area contributed by atoms with Gasteiger partial charge in [-0.3, -0.25) is 14.9 Å². The fourth-order valence-corrected chi connectivity index (χ4v) is 1.63. The molecule has 0 saturated carbocycles. The highest BCUT2D eigenvalue weighted by Gasteiger charge is 2.20. The van der Waals surface area contributed by atoms with Gasteiger partial charge in [-0.1, -0.05) is 30.3 Å². The Balaban J connectivity index is 2.63. The van der Waals surface area contributed by atoms with Crippen molar-refractivity contribution in [3.8, 4) is 0 Å². The molecule has 1 aromatic rings. The topological polar surface area (TPSA) is 75.6 Å². The number of carboxylic acids is 1. The summed E-state index contributed by atoms with van der Waals surface area (Å²) in [7, 11) is 0. The minimum absolute atomic E-state index is 0.0795. The second kappa shape index (κ2) is 7.66. The van der Waals surface area contributed by atoms with Crippen LogP contribution in [0.25, 0.3) is 0 Å². The number of aliphatic carboxylic acids is 1. The Morgan fingerprint density at radius 2 is 1.95 bits per heavy atom. The maximum atomic E-state index is 12.0. The fourth-order valence-electron chi connectivity index (χ4n) is 1.63. The van der Waals surface area contributed by atoms with E-state index in [4.69, 9.17) is 9.84 Å². The Hall–Kier alpha value is -1.72. The first-order chi connectivity index (χ1) is 9.04. The first kappa shape index (κ1) is 15.3. The van der Waals surface area contributed by atoms with Gasteiger partial charge >= 0.3 is 5.97 Å². The normalized spacial score (nSPS) is 13.8. The van der Waals surface area contributed by atoms with Crippen LogP contribution < -0.4 is 5.32 Å². The Bertz CT molecular complexity index is 419. The van der Waals surface area contributed by atoms with Crippen LogP contribution in [-0.2, 0) is 9.53 Å². The summed E-state index contributed by atoms with van der Waals surface area (Å²) in [5, 5.41) is 11.6. The van der Waals surface area contributed by atoms with Gasteiger partial charge in [0, 0.05) is 12.2 Å². The number of ketones is 1. The van der Waals surface area contributed by atoms with Gasteiger partial charge in [0.15, 0.2) is 5.78 Å². The molecule has 0 fully saturated rings. The summed E-state index contributed by atoms with van der Waals surface area (Å²) in [6.45, 7) is 3.72. The van der Waals surface area contributed by atoms with Gasteiger partial charge in [0.2, 0.25) is 0 Å². The Morgan fingerprint density at radius 3 is 2.47 bits per heavy atom. The monoisotopic (exact) mass is 265 g/mol. The summed E-state index contributed by atoms with van der Waals surface area (Å²) in [6, 6.07) is 8.10. The third-order valence-electron chi connectivity index (χ3n) is 2.64. The van der Waals surface area contributed by atoms with Crippen molar-refractivity contribution in [2.45, 2.75) is 32.5 Å².